The molecule has 0 radical (unpaired) electrons. The van der Waals surface area contributed by atoms with E-state index in [0.29, 0.717) is 23.5 Å². The first kappa shape index (κ1) is 17.6. The fourth-order valence-corrected chi connectivity index (χ4v) is 4.04. The highest BCUT2D eigenvalue weighted by molar-refractivity contribution is 9.10. The number of thiazole rings is 1. The molecule has 0 aliphatic heterocycles. The molecule has 4 nitrogen and oxygen atoms in total. The maximum absolute atomic E-state index is 12.5. The van der Waals surface area contributed by atoms with Crippen molar-refractivity contribution in [3.8, 4) is 5.75 Å². The third-order valence-corrected chi connectivity index (χ3v) is 5.10. The molecule has 2 aromatic carbocycles. The maximum Gasteiger partial charge on any atom is 0.279 e. The van der Waals surface area contributed by atoms with Crippen LogP contribution in [0.3, 0.4) is 0 Å². The molecule has 1 aromatic heterocycles. The second-order valence-electron chi connectivity index (χ2n) is 5.27. The molecule has 25 heavy (non-hydrogen) atoms. The lowest BCUT2D eigenvalue weighted by Gasteiger charge is -2.03. The van der Waals surface area contributed by atoms with Crippen LogP contribution in [0.5, 0.6) is 5.75 Å². The van der Waals surface area contributed by atoms with Crippen LogP contribution in [0.4, 0.5) is 0 Å². The molecule has 0 aliphatic rings. The van der Waals surface area contributed by atoms with E-state index in [1.54, 1.807) is 30.3 Å². The minimum absolute atomic E-state index is 0.272. The van der Waals surface area contributed by atoms with Gasteiger partial charge in [-0.2, -0.15) is 4.99 Å². The second-order valence-corrected chi connectivity index (χ2v) is 7.20. The van der Waals surface area contributed by atoms with E-state index in [2.05, 4.69) is 27.5 Å². The van der Waals surface area contributed by atoms with Gasteiger partial charge in [0, 0.05) is 16.6 Å². The van der Waals surface area contributed by atoms with Crippen LogP contribution in [0.1, 0.15) is 17.3 Å². The van der Waals surface area contributed by atoms with Crippen LogP contribution in [0.2, 0.25) is 0 Å². The van der Waals surface area contributed by atoms with E-state index in [9.17, 15) is 4.79 Å². The zero-order valence-electron chi connectivity index (χ0n) is 13.7. The van der Waals surface area contributed by atoms with Crippen molar-refractivity contribution >= 4 is 43.4 Å². The largest absolute Gasteiger partial charge is 0.494 e. The van der Waals surface area contributed by atoms with Crippen molar-refractivity contribution in [3.05, 3.63) is 70.0 Å². The third-order valence-electron chi connectivity index (χ3n) is 3.57. The lowest BCUT2D eigenvalue weighted by molar-refractivity contribution is 0.0998. The molecule has 128 valence electrons. The Bertz CT molecular complexity index is 987. The summed E-state index contributed by atoms with van der Waals surface area (Å²) in [4.78, 5) is 17.5. The first-order valence-corrected chi connectivity index (χ1v) is 9.45. The van der Waals surface area contributed by atoms with Crippen molar-refractivity contribution in [3.63, 3.8) is 0 Å². The van der Waals surface area contributed by atoms with Crippen molar-refractivity contribution in [1.29, 1.82) is 0 Å². The molecule has 1 heterocycles. The number of benzene rings is 2. The number of carbonyl (C=O) groups excluding carboxylic acids is 1. The average molecular weight is 417 g/mol. The number of nitrogens with zero attached hydrogens (tertiary/aromatic N) is 2. The number of amides is 1. The van der Waals surface area contributed by atoms with Crippen molar-refractivity contribution < 1.29 is 9.53 Å². The van der Waals surface area contributed by atoms with Crippen molar-refractivity contribution in [2.75, 3.05) is 6.61 Å². The number of aromatic nitrogens is 1. The summed E-state index contributed by atoms with van der Waals surface area (Å²) in [6, 6.07) is 13.1. The maximum atomic E-state index is 12.5. The number of fused-ring (bicyclic) bond motifs is 1. The van der Waals surface area contributed by atoms with Crippen LogP contribution in [0.15, 0.2) is 64.6 Å². The molecule has 0 saturated heterocycles. The Morgan fingerprint density at radius 2 is 2.08 bits per heavy atom. The lowest BCUT2D eigenvalue weighted by Crippen LogP contribution is -2.16. The normalized spacial score (nSPS) is 11.7. The van der Waals surface area contributed by atoms with Gasteiger partial charge in [-0.3, -0.25) is 4.79 Å². The van der Waals surface area contributed by atoms with Gasteiger partial charge in [-0.1, -0.05) is 33.3 Å². The Morgan fingerprint density at radius 3 is 2.76 bits per heavy atom. The molecule has 1 amide bonds. The molecule has 0 unspecified atom stereocenters. The van der Waals surface area contributed by atoms with Gasteiger partial charge in [0.1, 0.15) is 5.75 Å². The number of hydrogen-bond donors (Lipinski definition) is 0. The zero-order chi connectivity index (χ0) is 17.8. The standard InChI is InChI=1S/C19H17BrN2O2S/c1-3-11-22-16-10-7-14(20)12-17(16)25-19(22)21-18(23)13-5-8-15(9-6-13)24-4-2/h3,5-10,12H,1,4,11H2,2H3. The SMILES string of the molecule is C=CCn1c(=NC(=O)c2ccc(OCC)cc2)sc2cc(Br)ccc21. The highest BCUT2D eigenvalue weighted by atomic mass is 79.9. The highest BCUT2D eigenvalue weighted by Crippen LogP contribution is 2.22. The number of allylic oxidation sites excluding steroid dienone is 1. The van der Waals surface area contributed by atoms with Gasteiger partial charge in [-0.25, -0.2) is 0 Å². The summed E-state index contributed by atoms with van der Waals surface area (Å²) in [7, 11) is 0. The topological polar surface area (TPSA) is 43.6 Å². The number of rotatable bonds is 5. The molecule has 3 rings (SSSR count). The number of halogens is 1. The van der Waals surface area contributed by atoms with Crippen LogP contribution >= 0.6 is 27.3 Å². The van der Waals surface area contributed by atoms with Crippen LogP contribution < -0.4 is 9.54 Å². The Labute approximate surface area is 158 Å². The number of carbonyl (C=O) groups is 1. The van der Waals surface area contributed by atoms with Crippen molar-refractivity contribution in [2.45, 2.75) is 13.5 Å². The molecular formula is C19H17BrN2O2S. The van der Waals surface area contributed by atoms with Crippen LogP contribution in [0, 0.1) is 0 Å². The van der Waals surface area contributed by atoms with Gasteiger partial charge in [0.15, 0.2) is 4.80 Å². The van der Waals surface area contributed by atoms with Gasteiger partial charge in [-0.05, 0) is 49.4 Å². The Kier molecular flexibility index (Phi) is 5.50. The fraction of sp³-hybridized carbons (Fsp3) is 0.158. The van der Waals surface area contributed by atoms with E-state index < -0.39 is 0 Å². The first-order valence-electron chi connectivity index (χ1n) is 7.84. The molecule has 0 spiro atoms. The van der Waals surface area contributed by atoms with Gasteiger partial charge in [0.25, 0.3) is 5.91 Å². The minimum atomic E-state index is -0.272. The Balaban J connectivity index is 2.03. The summed E-state index contributed by atoms with van der Waals surface area (Å²) in [6.45, 7) is 6.91. The van der Waals surface area contributed by atoms with E-state index in [1.807, 2.05) is 29.7 Å². The quantitative estimate of drug-likeness (QED) is 0.561. The van der Waals surface area contributed by atoms with E-state index in [0.717, 1.165) is 20.4 Å². The molecule has 0 aliphatic carbocycles. The summed E-state index contributed by atoms with van der Waals surface area (Å²) < 4.78 is 9.45. The third kappa shape index (κ3) is 3.91. The van der Waals surface area contributed by atoms with Gasteiger partial charge in [0.05, 0.1) is 16.8 Å². The average Bonchev–Trinajstić information content (AvgIpc) is 2.92. The Morgan fingerprint density at radius 1 is 1.32 bits per heavy atom. The summed E-state index contributed by atoms with van der Waals surface area (Å²) in [6.07, 6.45) is 1.80. The van der Waals surface area contributed by atoms with Crippen molar-refractivity contribution in [1.82, 2.24) is 4.57 Å². The van der Waals surface area contributed by atoms with Gasteiger partial charge >= 0.3 is 0 Å². The van der Waals surface area contributed by atoms with Gasteiger partial charge in [0.2, 0.25) is 0 Å². The molecule has 3 aromatic rings. The van der Waals surface area contributed by atoms with Crippen LogP contribution in [-0.4, -0.2) is 17.1 Å². The predicted molar refractivity (Wildman–Crippen MR) is 105 cm³/mol. The van der Waals surface area contributed by atoms with E-state index >= 15 is 0 Å². The summed E-state index contributed by atoms with van der Waals surface area (Å²) in [5.74, 6) is 0.471. The molecule has 0 fully saturated rings. The predicted octanol–water partition coefficient (Wildman–Crippen LogP) is 4.79. The molecule has 0 atom stereocenters. The molecule has 0 saturated carbocycles. The van der Waals surface area contributed by atoms with Gasteiger partial charge < -0.3 is 9.30 Å². The molecule has 6 heteroatoms. The number of ether oxygens (including phenoxy) is 1. The monoisotopic (exact) mass is 416 g/mol. The summed E-state index contributed by atoms with van der Waals surface area (Å²) >= 11 is 4.97. The van der Waals surface area contributed by atoms with Crippen LogP contribution in [-0.2, 0) is 6.54 Å². The molecule has 0 bridgehead atoms. The van der Waals surface area contributed by atoms with Gasteiger partial charge in [-0.15, -0.1) is 6.58 Å². The molecular weight excluding hydrogens is 400 g/mol. The lowest BCUT2D eigenvalue weighted by atomic mass is 10.2. The summed E-state index contributed by atoms with van der Waals surface area (Å²) in [5.41, 5.74) is 1.57. The number of hydrogen-bond acceptors (Lipinski definition) is 3. The fourth-order valence-electron chi connectivity index (χ4n) is 2.45. The highest BCUT2D eigenvalue weighted by Gasteiger charge is 2.09. The Hall–Kier alpha value is -2.18. The molecule has 0 N–H and O–H groups in total. The van der Waals surface area contributed by atoms with Crippen molar-refractivity contribution in [2.24, 2.45) is 4.99 Å². The second kappa shape index (κ2) is 7.80. The minimum Gasteiger partial charge on any atom is -0.494 e. The van der Waals surface area contributed by atoms with E-state index in [1.165, 1.54) is 11.3 Å². The van der Waals surface area contributed by atoms with E-state index in [4.69, 9.17) is 4.74 Å². The zero-order valence-corrected chi connectivity index (χ0v) is 16.1. The van der Waals surface area contributed by atoms with Crippen LogP contribution in [0.25, 0.3) is 10.2 Å². The van der Waals surface area contributed by atoms with E-state index in [-0.39, 0.29) is 5.91 Å². The smallest absolute Gasteiger partial charge is 0.279 e. The summed E-state index contributed by atoms with van der Waals surface area (Å²) in [5, 5.41) is 0. The first-order chi connectivity index (χ1) is 12.1.